The SMILES string of the molecule is Cc1cc(C#C[Si](C)(C)C)oc1C. The molecule has 0 N–H and O–H groups in total. The molecule has 1 rings (SSSR count). The van der Waals surface area contributed by atoms with E-state index in [4.69, 9.17) is 4.42 Å². The Labute approximate surface area is 81.2 Å². The van der Waals surface area contributed by atoms with Crippen LogP contribution in [0.1, 0.15) is 17.1 Å². The van der Waals surface area contributed by atoms with Gasteiger partial charge < -0.3 is 4.42 Å². The Bertz CT molecular complexity index is 338. The summed E-state index contributed by atoms with van der Waals surface area (Å²) < 4.78 is 5.46. The quantitative estimate of drug-likeness (QED) is 0.455. The van der Waals surface area contributed by atoms with Gasteiger partial charge in [0.25, 0.3) is 0 Å². The third-order valence-electron chi connectivity index (χ3n) is 1.73. The van der Waals surface area contributed by atoms with Crippen LogP contribution in [0.15, 0.2) is 10.5 Å². The van der Waals surface area contributed by atoms with Gasteiger partial charge >= 0.3 is 0 Å². The largest absolute Gasteiger partial charge is 0.453 e. The molecule has 1 aromatic heterocycles. The Morgan fingerprint density at radius 2 is 1.85 bits per heavy atom. The molecule has 0 radical (unpaired) electrons. The van der Waals surface area contributed by atoms with E-state index in [1.54, 1.807) is 0 Å². The number of hydrogen-bond acceptors (Lipinski definition) is 1. The molecule has 0 amide bonds. The van der Waals surface area contributed by atoms with Crippen molar-refractivity contribution in [3.05, 3.63) is 23.2 Å². The molecule has 2 heteroatoms. The van der Waals surface area contributed by atoms with Gasteiger partial charge in [0, 0.05) is 0 Å². The molecule has 0 saturated carbocycles. The van der Waals surface area contributed by atoms with Crippen molar-refractivity contribution in [3.8, 4) is 11.5 Å². The fourth-order valence-corrected chi connectivity index (χ4v) is 1.38. The summed E-state index contributed by atoms with van der Waals surface area (Å²) in [7, 11) is -1.27. The molecule has 0 aromatic carbocycles. The minimum absolute atomic E-state index is 0.803. The fraction of sp³-hybridized carbons (Fsp3) is 0.455. The van der Waals surface area contributed by atoms with Gasteiger partial charge in [0.2, 0.25) is 0 Å². The lowest BCUT2D eigenvalue weighted by molar-refractivity contribution is 0.520. The average molecular weight is 192 g/mol. The summed E-state index contributed by atoms with van der Waals surface area (Å²) in [6, 6.07) is 2.00. The monoisotopic (exact) mass is 192 g/mol. The summed E-state index contributed by atoms with van der Waals surface area (Å²) in [4.78, 5) is 0. The van der Waals surface area contributed by atoms with Crippen LogP contribution >= 0.6 is 0 Å². The molecule has 0 aliphatic rings. The predicted molar refractivity (Wildman–Crippen MR) is 58.4 cm³/mol. The summed E-state index contributed by atoms with van der Waals surface area (Å²) in [6.45, 7) is 10.7. The van der Waals surface area contributed by atoms with Gasteiger partial charge in [0.1, 0.15) is 13.8 Å². The molecule has 0 saturated heterocycles. The first kappa shape index (κ1) is 10.1. The van der Waals surface area contributed by atoms with Crippen molar-refractivity contribution in [2.45, 2.75) is 33.5 Å². The van der Waals surface area contributed by atoms with Crippen LogP contribution in [0.3, 0.4) is 0 Å². The van der Waals surface area contributed by atoms with Gasteiger partial charge in [0.05, 0.1) is 0 Å². The maximum Gasteiger partial charge on any atom is 0.176 e. The molecule has 1 nitrogen and oxygen atoms in total. The van der Waals surface area contributed by atoms with Gasteiger partial charge in [0.15, 0.2) is 5.76 Å². The second-order valence-electron chi connectivity index (χ2n) is 4.35. The van der Waals surface area contributed by atoms with Crippen molar-refractivity contribution in [2.75, 3.05) is 0 Å². The van der Waals surface area contributed by atoms with Gasteiger partial charge in [-0.05, 0) is 31.4 Å². The Morgan fingerprint density at radius 1 is 1.23 bits per heavy atom. The van der Waals surface area contributed by atoms with Crippen LogP contribution in [0.4, 0.5) is 0 Å². The Hall–Kier alpha value is -0.943. The first-order chi connectivity index (χ1) is 5.88. The molecular formula is C11H16OSi. The number of hydrogen-bond donors (Lipinski definition) is 0. The second-order valence-corrected chi connectivity index (χ2v) is 9.10. The van der Waals surface area contributed by atoms with Crippen LogP contribution in [0.5, 0.6) is 0 Å². The molecule has 0 fully saturated rings. The molecule has 13 heavy (non-hydrogen) atoms. The molecule has 0 aliphatic heterocycles. The number of aryl methyl sites for hydroxylation is 2. The van der Waals surface area contributed by atoms with Crippen molar-refractivity contribution in [2.24, 2.45) is 0 Å². The summed E-state index contributed by atoms with van der Waals surface area (Å²) in [5.74, 6) is 4.87. The predicted octanol–water partition coefficient (Wildman–Crippen LogP) is 3.13. The van der Waals surface area contributed by atoms with E-state index in [1.165, 1.54) is 5.56 Å². The summed E-state index contributed by atoms with van der Waals surface area (Å²) in [5, 5.41) is 0. The Balaban J connectivity index is 2.91. The maximum atomic E-state index is 5.46. The molecule has 0 bridgehead atoms. The van der Waals surface area contributed by atoms with E-state index in [-0.39, 0.29) is 0 Å². The lowest BCUT2D eigenvalue weighted by Gasteiger charge is -2.02. The summed E-state index contributed by atoms with van der Waals surface area (Å²) in [6.07, 6.45) is 0. The van der Waals surface area contributed by atoms with Crippen LogP contribution in [0.2, 0.25) is 19.6 Å². The zero-order chi connectivity index (χ0) is 10.1. The highest BCUT2D eigenvalue weighted by atomic mass is 28.3. The molecule has 0 unspecified atom stereocenters. The van der Waals surface area contributed by atoms with E-state index in [0.717, 1.165) is 11.5 Å². The van der Waals surface area contributed by atoms with E-state index in [0.29, 0.717) is 0 Å². The molecule has 0 atom stereocenters. The van der Waals surface area contributed by atoms with E-state index in [9.17, 15) is 0 Å². The van der Waals surface area contributed by atoms with Crippen molar-refractivity contribution in [3.63, 3.8) is 0 Å². The highest BCUT2D eigenvalue weighted by Gasteiger charge is 2.08. The van der Waals surface area contributed by atoms with Crippen LogP contribution in [0, 0.1) is 25.3 Å². The lowest BCUT2D eigenvalue weighted by atomic mass is 10.3. The van der Waals surface area contributed by atoms with Crippen LogP contribution in [0.25, 0.3) is 0 Å². The third-order valence-corrected chi connectivity index (χ3v) is 2.60. The van der Waals surface area contributed by atoms with Gasteiger partial charge in [-0.1, -0.05) is 19.6 Å². The van der Waals surface area contributed by atoms with E-state index >= 15 is 0 Å². The highest BCUT2D eigenvalue weighted by Crippen LogP contribution is 2.12. The smallest absolute Gasteiger partial charge is 0.176 e. The van der Waals surface area contributed by atoms with E-state index < -0.39 is 8.07 Å². The van der Waals surface area contributed by atoms with Crippen LogP contribution < -0.4 is 0 Å². The first-order valence-electron chi connectivity index (χ1n) is 4.49. The minimum Gasteiger partial charge on any atom is -0.453 e. The van der Waals surface area contributed by atoms with E-state index in [2.05, 4.69) is 31.1 Å². The summed E-state index contributed by atoms with van der Waals surface area (Å²) >= 11 is 0. The molecule has 0 aliphatic carbocycles. The molecule has 70 valence electrons. The normalized spacial score (nSPS) is 10.8. The second kappa shape index (κ2) is 3.43. The van der Waals surface area contributed by atoms with E-state index in [1.807, 2.05) is 19.9 Å². The zero-order valence-corrected chi connectivity index (χ0v) is 9.99. The molecule has 1 aromatic rings. The Morgan fingerprint density at radius 3 is 2.23 bits per heavy atom. The van der Waals surface area contributed by atoms with Gasteiger partial charge in [-0.3, -0.25) is 0 Å². The Kier molecular flexibility index (Phi) is 2.68. The van der Waals surface area contributed by atoms with Crippen molar-refractivity contribution < 1.29 is 4.42 Å². The standard InChI is InChI=1S/C11H16OSi/c1-9-8-11(12-10(9)2)6-7-13(3,4)5/h8H,1-5H3. The summed E-state index contributed by atoms with van der Waals surface area (Å²) in [5.41, 5.74) is 4.45. The number of furan rings is 1. The minimum atomic E-state index is -1.27. The number of rotatable bonds is 0. The topological polar surface area (TPSA) is 13.1 Å². The molecular weight excluding hydrogens is 176 g/mol. The van der Waals surface area contributed by atoms with Gasteiger partial charge in [-0.25, -0.2) is 0 Å². The van der Waals surface area contributed by atoms with Crippen molar-refractivity contribution in [1.29, 1.82) is 0 Å². The first-order valence-corrected chi connectivity index (χ1v) is 7.99. The van der Waals surface area contributed by atoms with Gasteiger partial charge in [-0.2, -0.15) is 0 Å². The molecule has 1 heterocycles. The maximum absolute atomic E-state index is 5.46. The van der Waals surface area contributed by atoms with Gasteiger partial charge in [-0.15, -0.1) is 5.54 Å². The van der Waals surface area contributed by atoms with Crippen molar-refractivity contribution >= 4 is 8.07 Å². The van der Waals surface area contributed by atoms with Crippen LogP contribution in [-0.2, 0) is 0 Å². The van der Waals surface area contributed by atoms with Crippen molar-refractivity contribution in [1.82, 2.24) is 0 Å². The lowest BCUT2D eigenvalue weighted by Crippen LogP contribution is -2.16. The zero-order valence-electron chi connectivity index (χ0n) is 8.99. The average Bonchev–Trinajstić information content (AvgIpc) is 2.27. The van der Waals surface area contributed by atoms with Crippen LogP contribution in [-0.4, -0.2) is 8.07 Å². The highest BCUT2D eigenvalue weighted by molar-refractivity contribution is 6.83. The molecule has 0 spiro atoms. The fourth-order valence-electron chi connectivity index (χ4n) is 0.884. The third kappa shape index (κ3) is 3.12.